The van der Waals surface area contributed by atoms with E-state index in [1.54, 1.807) is 25.3 Å². The van der Waals surface area contributed by atoms with Crippen molar-refractivity contribution in [3.8, 4) is 0 Å². The molecule has 1 aliphatic carbocycles. The number of amides is 2. The van der Waals surface area contributed by atoms with Gasteiger partial charge in [0.15, 0.2) is 5.65 Å². The quantitative estimate of drug-likeness (QED) is 0.690. The van der Waals surface area contributed by atoms with Crippen molar-refractivity contribution in [1.29, 1.82) is 0 Å². The molecule has 2 heterocycles. The molecule has 4 rings (SSSR count). The van der Waals surface area contributed by atoms with Crippen molar-refractivity contribution in [2.75, 3.05) is 11.9 Å². The third-order valence-electron chi connectivity index (χ3n) is 5.28. The maximum Gasteiger partial charge on any atom is 0.319 e. The zero-order valence-electron chi connectivity index (χ0n) is 15.9. The van der Waals surface area contributed by atoms with Crippen molar-refractivity contribution in [2.24, 2.45) is 0 Å². The molecule has 1 fully saturated rings. The summed E-state index contributed by atoms with van der Waals surface area (Å²) >= 11 is 0. The van der Waals surface area contributed by atoms with Crippen LogP contribution in [-0.2, 0) is 6.42 Å². The predicted octanol–water partition coefficient (Wildman–Crippen LogP) is 4.36. The molecular weight excluding hydrogens is 357 g/mol. The van der Waals surface area contributed by atoms with Crippen molar-refractivity contribution in [3.63, 3.8) is 0 Å². The van der Waals surface area contributed by atoms with Crippen LogP contribution in [0.25, 0.3) is 11.2 Å². The van der Waals surface area contributed by atoms with Gasteiger partial charge in [0.1, 0.15) is 17.2 Å². The summed E-state index contributed by atoms with van der Waals surface area (Å²) in [6, 6.07) is 8.59. The van der Waals surface area contributed by atoms with E-state index in [-0.39, 0.29) is 11.8 Å². The second-order valence-electron chi connectivity index (χ2n) is 7.28. The number of anilines is 1. The SMILES string of the molecule is Cc1ccc(NC(=O)NCCc2nc3cccnc3n2C2CCCC2)cc1F. The van der Waals surface area contributed by atoms with E-state index in [1.807, 2.05) is 12.1 Å². The number of nitrogens with zero attached hydrogens (tertiary/aromatic N) is 3. The van der Waals surface area contributed by atoms with Gasteiger partial charge in [-0.05, 0) is 49.6 Å². The van der Waals surface area contributed by atoms with E-state index >= 15 is 0 Å². The summed E-state index contributed by atoms with van der Waals surface area (Å²) in [4.78, 5) is 21.4. The number of hydrogen-bond acceptors (Lipinski definition) is 3. The van der Waals surface area contributed by atoms with E-state index in [0.29, 0.717) is 30.3 Å². The van der Waals surface area contributed by atoms with Gasteiger partial charge in [-0.15, -0.1) is 0 Å². The minimum absolute atomic E-state index is 0.337. The molecule has 0 radical (unpaired) electrons. The molecule has 2 N–H and O–H groups in total. The number of urea groups is 1. The lowest BCUT2D eigenvalue weighted by Crippen LogP contribution is -2.31. The molecular formula is C21H24FN5O. The van der Waals surface area contributed by atoms with E-state index in [2.05, 4.69) is 20.2 Å². The van der Waals surface area contributed by atoms with Gasteiger partial charge in [0.05, 0.1) is 0 Å². The molecule has 0 bridgehead atoms. The highest BCUT2D eigenvalue weighted by molar-refractivity contribution is 5.89. The Labute approximate surface area is 163 Å². The number of nitrogens with one attached hydrogen (secondary N) is 2. The Morgan fingerprint density at radius 2 is 2.11 bits per heavy atom. The Kier molecular flexibility index (Phi) is 5.23. The van der Waals surface area contributed by atoms with Crippen LogP contribution in [0.15, 0.2) is 36.5 Å². The number of aromatic nitrogens is 3. The second-order valence-corrected chi connectivity index (χ2v) is 7.28. The van der Waals surface area contributed by atoms with Crippen LogP contribution in [0.2, 0.25) is 0 Å². The van der Waals surface area contributed by atoms with Crippen LogP contribution in [0.3, 0.4) is 0 Å². The van der Waals surface area contributed by atoms with Gasteiger partial charge in [-0.25, -0.2) is 19.2 Å². The Morgan fingerprint density at radius 3 is 2.89 bits per heavy atom. The average Bonchev–Trinajstić information content (AvgIpc) is 3.31. The summed E-state index contributed by atoms with van der Waals surface area (Å²) in [6.07, 6.45) is 7.15. The van der Waals surface area contributed by atoms with Crippen molar-refractivity contribution in [1.82, 2.24) is 19.9 Å². The van der Waals surface area contributed by atoms with Crippen molar-refractivity contribution in [3.05, 3.63) is 53.7 Å². The van der Waals surface area contributed by atoms with Crippen LogP contribution in [0.1, 0.15) is 43.1 Å². The molecule has 0 saturated heterocycles. The number of fused-ring (bicyclic) bond motifs is 1. The highest BCUT2D eigenvalue weighted by Crippen LogP contribution is 2.33. The molecule has 2 aromatic heterocycles. The fraction of sp³-hybridized carbons (Fsp3) is 0.381. The topological polar surface area (TPSA) is 71.8 Å². The molecule has 0 atom stereocenters. The van der Waals surface area contributed by atoms with Crippen LogP contribution in [0, 0.1) is 12.7 Å². The Bertz CT molecular complexity index is 994. The Morgan fingerprint density at radius 1 is 1.29 bits per heavy atom. The van der Waals surface area contributed by atoms with Crippen LogP contribution in [-0.4, -0.2) is 27.1 Å². The molecule has 1 aliphatic rings. The fourth-order valence-electron chi connectivity index (χ4n) is 3.83. The largest absolute Gasteiger partial charge is 0.337 e. The lowest BCUT2D eigenvalue weighted by atomic mass is 10.2. The summed E-state index contributed by atoms with van der Waals surface area (Å²) in [6.45, 7) is 2.13. The minimum atomic E-state index is -0.357. The Balaban J connectivity index is 1.42. The molecule has 1 saturated carbocycles. The monoisotopic (exact) mass is 381 g/mol. The van der Waals surface area contributed by atoms with Crippen LogP contribution in [0.5, 0.6) is 0 Å². The standard InChI is InChI=1S/C21H24FN5O/c1-14-8-9-15(13-17(14)22)25-21(28)24-12-10-19-26-18-7-4-11-23-20(18)27(19)16-5-2-3-6-16/h4,7-9,11,13,16H,2-3,5-6,10,12H2,1H3,(H2,24,25,28). The fourth-order valence-corrected chi connectivity index (χ4v) is 3.83. The smallest absolute Gasteiger partial charge is 0.319 e. The van der Waals surface area contributed by atoms with E-state index in [9.17, 15) is 9.18 Å². The van der Waals surface area contributed by atoms with Gasteiger partial charge in [0.25, 0.3) is 0 Å². The summed E-state index contributed by atoms with van der Waals surface area (Å²) in [5.74, 6) is 0.609. The number of aryl methyl sites for hydroxylation is 1. The molecule has 0 unspecified atom stereocenters. The molecule has 146 valence electrons. The van der Waals surface area contributed by atoms with Gasteiger partial charge in [0, 0.05) is 30.9 Å². The molecule has 28 heavy (non-hydrogen) atoms. The predicted molar refractivity (Wildman–Crippen MR) is 107 cm³/mol. The van der Waals surface area contributed by atoms with Gasteiger partial charge in [-0.2, -0.15) is 0 Å². The summed E-state index contributed by atoms with van der Waals surface area (Å²) in [7, 11) is 0. The van der Waals surface area contributed by atoms with Crippen molar-refractivity contribution in [2.45, 2.75) is 45.1 Å². The molecule has 3 aromatic rings. The molecule has 1 aromatic carbocycles. The van der Waals surface area contributed by atoms with Crippen molar-refractivity contribution >= 4 is 22.9 Å². The van der Waals surface area contributed by atoms with Crippen LogP contribution < -0.4 is 10.6 Å². The summed E-state index contributed by atoms with van der Waals surface area (Å²) in [5, 5.41) is 5.49. The first-order chi connectivity index (χ1) is 13.6. The maximum absolute atomic E-state index is 13.6. The van der Waals surface area contributed by atoms with Gasteiger partial charge >= 0.3 is 6.03 Å². The number of rotatable bonds is 5. The minimum Gasteiger partial charge on any atom is -0.337 e. The van der Waals surface area contributed by atoms with E-state index < -0.39 is 0 Å². The number of imidazole rings is 1. The maximum atomic E-state index is 13.6. The van der Waals surface area contributed by atoms with E-state index in [4.69, 9.17) is 4.98 Å². The second kappa shape index (κ2) is 7.96. The van der Waals surface area contributed by atoms with Crippen LogP contribution >= 0.6 is 0 Å². The van der Waals surface area contributed by atoms with Gasteiger partial charge in [0.2, 0.25) is 0 Å². The first-order valence-corrected chi connectivity index (χ1v) is 9.74. The highest BCUT2D eigenvalue weighted by Gasteiger charge is 2.23. The van der Waals surface area contributed by atoms with E-state index in [0.717, 1.165) is 29.8 Å². The third kappa shape index (κ3) is 3.83. The molecule has 7 heteroatoms. The lowest BCUT2D eigenvalue weighted by Gasteiger charge is -2.16. The number of halogens is 1. The normalized spacial score (nSPS) is 14.5. The Hall–Kier alpha value is -2.96. The van der Waals surface area contributed by atoms with Crippen LogP contribution in [0.4, 0.5) is 14.9 Å². The first-order valence-electron chi connectivity index (χ1n) is 9.74. The lowest BCUT2D eigenvalue weighted by molar-refractivity contribution is 0.252. The third-order valence-corrected chi connectivity index (χ3v) is 5.28. The number of pyridine rings is 1. The number of hydrogen-bond donors (Lipinski definition) is 2. The zero-order chi connectivity index (χ0) is 19.5. The molecule has 2 amide bonds. The summed E-state index contributed by atoms with van der Waals surface area (Å²) < 4.78 is 15.9. The summed E-state index contributed by atoms with van der Waals surface area (Å²) in [5.41, 5.74) is 2.79. The van der Waals surface area contributed by atoms with E-state index in [1.165, 1.54) is 18.9 Å². The number of carbonyl (C=O) groups excluding carboxylic acids is 1. The molecule has 6 nitrogen and oxygen atoms in total. The zero-order valence-corrected chi connectivity index (χ0v) is 15.9. The number of benzene rings is 1. The van der Waals surface area contributed by atoms with Gasteiger partial charge < -0.3 is 15.2 Å². The number of carbonyl (C=O) groups is 1. The van der Waals surface area contributed by atoms with Crippen molar-refractivity contribution < 1.29 is 9.18 Å². The van der Waals surface area contributed by atoms with Gasteiger partial charge in [-0.1, -0.05) is 18.9 Å². The molecule has 0 spiro atoms. The molecule has 0 aliphatic heterocycles. The highest BCUT2D eigenvalue weighted by atomic mass is 19.1. The first kappa shape index (κ1) is 18.4. The average molecular weight is 381 g/mol. The van der Waals surface area contributed by atoms with Gasteiger partial charge in [-0.3, -0.25) is 0 Å².